The van der Waals surface area contributed by atoms with Gasteiger partial charge in [0.1, 0.15) is 0 Å². The Morgan fingerprint density at radius 1 is 1.59 bits per heavy atom. The Kier molecular flexibility index (Phi) is 4.18. The zero-order valence-electron chi connectivity index (χ0n) is 10.9. The van der Waals surface area contributed by atoms with Crippen LogP contribution < -0.4 is 11.3 Å². The fourth-order valence-electron chi connectivity index (χ4n) is 3.10. The lowest BCUT2D eigenvalue weighted by Gasteiger charge is -2.27. The standard InChI is InChI=1S/C13H24N4/c1-3-9-17-12(7-8-15-17)13(16-14)11-6-4-5-10(11)2/h7-8,10-11,13,16H,3-6,9,14H2,1-2H3. The van der Waals surface area contributed by atoms with E-state index in [0.29, 0.717) is 5.92 Å². The van der Waals surface area contributed by atoms with E-state index in [4.69, 9.17) is 5.84 Å². The molecule has 0 amide bonds. The van der Waals surface area contributed by atoms with Crippen LogP contribution in [0.15, 0.2) is 12.3 Å². The molecule has 3 unspecified atom stereocenters. The van der Waals surface area contributed by atoms with Gasteiger partial charge in [-0.3, -0.25) is 16.0 Å². The number of nitrogens with one attached hydrogen (secondary N) is 1. The number of aromatic nitrogens is 2. The van der Waals surface area contributed by atoms with Crippen molar-refractivity contribution in [3.8, 4) is 0 Å². The molecular weight excluding hydrogens is 212 g/mol. The molecule has 4 nitrogen and oxygen atoms in total. The number of hydrogen-bond donors (Lipinski definition) is 2. The van der Waals surface area contributed by atoms with Crippen LogP contribution in [0.3, 0.4) is 0 Å². The Bertz CT molecular complexity index is 347. The van der Waals surface area contributed by atoms with Crippen molar-refractivity contribution < 1.29 is 0 Å². The minimum Gasteiger partial charge on any atom is -0.271 e. The third kappa shape index (κ3) is 2.53. The Balaban J connectivity index is 2.19. The first-order chi connectivity index (χ1) is 8.27. The zero-order valence-corrected chi connectivity index (χ0v) is 10.9. The normalized spacial score (nSPS) is 26.3. The fraction of sp³-hybridized carbons (Fsp3) is 0.769. The van der Waals surface area contributed by atoms with Crippen molar-refractivity contribution in [3.05, 3.63) is 18.0 Å². The fourth-order valence-corrected chi connectivity index (χ4v) is 3.10. The Hall–Kier alpha value is -0.870. The summed E-state index contributed by atoms with van der Waals surface area (Å²) in [5, 5.41) is 4.39. The van der Waals surface area contributed by atoms with Crippen molar-refractivity contribution >= 4 is 0 Å². The van der Waals surface area contributed by atoms with Crippen molar-refractivity contribution in [3.63, 3.8) is 0 Å². The summed E-state index contributed by atoms with van der Waals surface area (Å²) >= 11 is 0. The van der Waals surface area contributed by atoms with Crippen LogP contribution in [-0.4, -0.2) is 9.78 Å². The third-order valence-electron chi connectivity index (χ3n) is 4.04. The molecule has 1 heterocycles. The van der Waals surface area contributed by atoms with Crippen LogP contribution in [0, 0.1) is 11.8 Å². The molecule has 4 heteroatoms. The van der Waals surface area contributed by atoms with Gasteiger partial charge in [-0.15, -0.1) is 0 Å². The summed E-state index contributed by atoms with van der Waals surface area (Å²) < 4.78 is 2.09. The number of aryl methyl sites for hydroxylation is 1. The Morgan fingerprint density at radius 3 is 3.00 bits per heavy atom. The van der Waals surface area contributed by atoms with E-state index in [2.05, 4.69) is 35.1 Å². The number of hydrazine groups is 1. The van der Waals surface area contributed by atoms with Gasteiger partial charge in [0, 0.05) is 12.7 Å². The van der Waals surface area contributed by atoms with Crippen molar-refractivity contribution in [1.29, 1.82) is 0 Å². The van der Waals surface area contributed by atoms with Crippen molar-refractivity contribution in [2.45, 2.75) is 52.1 Å². The molecule has 2 rings (SSSR count). The molecule has 1 saturated carbocycles. The van der Waals surface area contributed by atoms with Gasteiger partial charge in [-0.25, -0.2) is 0 Å². The van der Waals surface area contributed by atoms with Gasteiger partial charge in [0.2, 0.25) is 0 Å². The predicted molar refractivity (Wildman–Crippen MR) is 69.1 cm³/mol. The second-order valence-corrected chi connectivity index (χ2v) is 5.20. The molecule has 0 saturated heterocycles. The third-order valence-corrected chi connectivity index (χ3v) is 4.04. The molecule has 0 aromatic carbocycles. The molecule has 1 fully saturated rings. The molecule has 1 aliphatic rings. The smallest absolute Gasteiger partial charge is 0.0659 e. The van der Waals surface area contributed by atoms with Crippen LogP contribution in [0.1, 0.15) is 51.3 Å². The van der Waals surface area contributed by atoms with E-state index < -0.39 is 0 Å². The lowest BCUT2D eigenvalue weighted by atomic mass is 9.88. The highest BCUT2D eigenvalue weighted by Crippen LogP contribution is 2.39. The van der Waals surface area contributed by atoms with E-state index >= 15 is 0 Å². The molecule has 0 spiro atoms. The molecule has 96 valence electrons. The lowest BCUT2D eigenvalue weighted by molar-refractivity contribution is 0.289. The van der Waals surface area contributed by atoms with Gasteiger partial charge in [0.15, 0.2) is 0 Å². The molecule has 0 aliphatic heterocycles. The average Bonchev–Trinajstić information content (AvgIpc) is 2.92. The molecule has 3 atom stereocenters. The zero-order chi connectivity index (χ0) is 12.3. The van der Waals surface area contributed by atoms with E-state index in [-0.39, 0.29) is 6.04 Å². The highest BCUT2D eigenvalue weighted by atomic mass is 15.3. The molecule has 0 bridgehead atoms. The van der Waals surface area contributed by atoms with E-state index in [1.54, 1.807) is 0 Å². The summed E-state index contributed by atoms with van der Waals surface area (Å²) in [6, 6.07) is 2.35. The van der Waals surface area contributed by atoms with Gasteiger partial charge in [0.25, 0.3) is 0 Å². The van der Waals surface area contributed by atoms with Crippen LogP contribution in [0.4, 0.5) is 0 Å². The van der Waals surface area contributed by atoms with Gasteiger partial charge in [-0.2, -0.15) is 5.10 Å². The van der Waals surface area contributed by atoms with Crippen LogP contribution in [-0.2, 0) is 6.54 Å². The number of hydrogen-bond acceptors (Lipinski definition) is 3. The molecule has 1 aliphatic carbocycles. The Labute approximate surface area is 104 Å². The van der Waals surface area contributed by atoms with Gasteiger partial charge in [0.05, 0.1) is 11.7 Å². The summed E-state index contributed by atoms with van der Waals surface area (Å²) in [6.45, 7) is 5.48. The summed E-state index contributed by atoms with van der Waals surface area (Å²) in [6.07, 6.45) is 6.91. The second kappa shape index (κ2) is 5.65. The first kappa shape index (κ1) is 12.6. The molecule has 0 radical (unpaired) electrons. The van der Waals surface area contributed by atoms with Gasteiger partial charge < -0.3 is 0 Å². The summed E-state index contributed by atoms with van der Waals surface area (Å²) in [7, 11) is 0. The quantitative estimate of drug-likeness (QED) is 0.609. The number of nitrogens with two attached hydrogens (primary N) is 1. The Morgan fingerprint density at radius 2 is 2.41 bits per heavy atom. The maximum absolute atomic E-state index is 5.78. The summed E-state index contributed by atoms with van der Waals surface area (Å²) in [4.78, 5) is 0. The highest BCUT2D eigenvalue weighted by molar-refractivity contribution is 5.09. The predicted octanol–water partition coefficient (Wildman–Crippen LogP) is 2.23. The molecule has 3 N–H and O–H groups in total. The largest absolute Gasteiger partial charge is 0.271 e. The van der Waals surface area contributed by atoms with Crippen molar-refractivity contribution in [2.24, 2.45) is 17.7 Å². The molecular formula is C13H24N4. The van der Waals surface area contributed by atoms with Crippen molar-refractivity contribution in [1.82, 2.24) is 15.2 Å². The second-order valence-electron chi connectivity index (χ2n) is 5.20. The van der Waals surface area contributed by atoms with Crippen molar-refractivity contribution in [2.75, 3.05) is 0 Å². The highest BCUT2D eigenvalue weighted by Gasteiger charge is 2.32. The minimum absolute atomic E-state index is 0.251. The minimum atomic E-state index is 0.251. The van der Waals surface area contributed by atoms with Crippen LogP contribution in [0.25, 0.3) is 0 Å². The monoisotopic (exact) mass is 236 g/mol. The average molecular weight is 236 g/mol. The van der Waals surface area contributed by atoms with Gasteiger partial charge >= 0.3 is 0 Å². The number of nitrogens with zero attached hydrogens (tertiary/aromatic N) is 2. The SMILES string of the molecule is CCCn1nccc1C(NN)C1CCCC1C. The first-order valence-corrected chi connectivity index (χ1v) is 6.75. The number of rotatable bonds is 5. The maximum atomic E-state index is 5.78. The van der Waals surface area contributed by atoms with E-state index in [1.165, 1.54) is 25.0 Å². The van der Waals surface area contributed by atoms with E-state index in [9.17, 15) is 0 Å². The topological polar surface area (TPSA) is 55.9 Å². The summed E-state index contributed by atoms with van der Waals surface area (Å²) in [5.41, 5.74) is 4.26. The van der Waals surface area contributed by atoms with E-state index in [1.807, 2.05) is 6.20 Å². The van der Waals surface area contributed by atoms with Crippen LogP contribution >= 0.6 is 0 Å². The summed E-state index contributed by atoms with van der Waals surface area (Å²) in [5.74, 6) is 7.18. The first-order valence-electron chi connectivity index (χ1n) is 6.75. The maximum Gasteiger partial charge on any atom is 0.0659 e. The van der Waals surface area contributed by atoms with Gasteiger partial charge in [-0.05, 0) is 30.7 Å². The molecule has 1 aromatic rings. The molecule has 1 aromatic heterocycles. The lowest BCUT2D eigenvalue weighted by Crippen LogP contribution is -2.36. The van der Waals surface area contributed by atoms with E-state index in [0.717, 1.165) is 18.9 Å². The van der Waals surface area contributed by atoms with Crippen LogP contribution in [0.2, 0.25) is 0 Å². The van der Waals surface area contributed by atoms with Gasteiger partial charge in [-0.1, -0.05) is 26.7 Å². The molecule has 17 heavy (non-hydrogen) atoms. The van der Waals surface area contributed by atoms with Crippen LogP contribution in [0.5, 0.6) is 0 Å².